The first kappa shape index (κ1) is 16.5. The molecule has 2 fully saturated rings. The van der Waals surface area contributed by atoms with Gasteiger partial charge >= 0.3 is 0 Å². The summed E-state index contributed by atoms with van der Waals surface area (Å²) >= 11 is 0. The van der Waals surface area contributed by atoms with Gasteiger partial charge in [0, 0.05) is 25.0 Å². The number of hydrogen-bond acceptors (Lipinski definition) is 3. The van der Waals surface area contributed by atoms with Crippen LogP contribution in [0.3, 0.4) is 0 Å². The quantitative estimate of drug-likeness (QED) is 0.930. The average Bonchev–Trinajstić information content (AvgIpc) is 2.79. The lowest BCUT2D eigenvalue weighted by molar-refractivity contribution is -0.135. The summed E-state index contributed by atoms with van der Waals surface area (Å²) in [4.78, 5) is 17.2. The Morgan fingerprint density at radius 3 is 2.39 bits per heavy atom. The molecule has 1 amide bonds. The predicted octanol–water partition coefficient (Wildman–Crippen LogP) is 2.20. The number of nitrogens with two attached hydrogens (primary N) is 1. The lowest BCUT2D eigenvalue weighted by Crippen LogP contribution is -2.47. The number of carbonyl (C=O) groups is 1. The molecule has 0 saturated carbocycles. The van der Waals surface area contributed by atoms with Gasteiger partial charge < -0.3 is 10.6 Å². The van der Waals surface area contributed by atoms with Crippen LogP contribution in [0.25, 0.3) is 0 Å². The standard InChI is InChI=1S/C19H29N3O/c1-15(21-11-7-2-3-8-12-21)19(23)22-13-17(18(20)14-22)16-9-5-4-6-10-16/h4-6,9-10,15,17-18H,2-3,7-8,11-14,20H2,1H3/t15?,17-,18+/m0/s1. The predicted molar refractivity (Wildman–Crippen MR) is 93.2 cm³/mol. The van der Waals surface area contributed by atoms with Gasteiger partial charge in [0.2, 0.25) is 5.91 Å². The molecule has 0 bridgehead atoms. The number of nitrogens with zero attached hydrogens (tertiary/aromatic N) is 2. The van der Waals surface area contributed by atoms with Crippen molar-refractivity contribution >= 4 is 5.91 Å². The Bertz CT molecular complexity index is 511. The number of hydrogen-bond donors (Lipinski definition) is 1. The maximum absolute atomic E-state index is 12.9. The highest BCUT2D eigenvalue weighted by Crippen LogP contribution is 2.27. The summed E-state index contributed by atoms with van der Waals surface area (Å²) in [6, 6.07) is 10.4. The van der Waals surface area contributed by atoms with E-state index >= 15 is 0 Å². The molecular weight excluding hydrogens is 286 g/mol. The number of amides is 1. The second kappa shape index (κ2) is 7.45. The SMILES string of the molecule is CC(C(=O)N1C[C@@H](N)[C@H](c2ccccc2)C1)N1CCCCCC1. The minimum absolute atomic E-state index is 0.0187. The Morgan fingerprint density at radius 2 is 1.74 bits per heavy atom. The van der Waals surface area contributed by atoms with E-state index in [4.69, 9.17) is 5.73 Å². The zero-order valence-corrected chi connectivity index (χ0v) is 14.2. The molecule has 0 spiro atoms. The largest absolute Gasteiger partial charge is 0.339 e. The van der Waals surface area contributed by atoms with Crippen molar-refractivity contribution in [1.82, 2.24) is 9.80 Å². The van der Waals surface area contributed by atoms with Crippen molar-refractivity contribution in [2.75, 3.05) is 26.2 Å². The van der Waals surface area contributed by atoms with Crippen LogP contribution < -0.4 is 5.73 Å². The van der Waals surface area contributed by atoms with E-state index in [1.54, 1.807) is 0 Å². The lowest BCUT2D eigenvalue weighted by atomic mass is 9.95. The molecule has 2 heterocycles. The molecule has 0 radical (unpaired) electrons. The van der Waals surface area contributed by atoms with Crippen LogP contribution in [0.1, 0.15) is 44.1 Å². The van der Waals surface area contributed by atoms with Gasteiger partial charge in [-0.25, -0.2) is 0 Å². The number of rotatable bonds is 3. The summed E-state index contributed by atoms with van der Waals surface area (Å²) in [7, 11) is 0. The summed E-state index contributed by atoms with van der Waals surface area (Å²) in [5.41, 5.74) is 7.58. The van der Waals surface area contributed by atoms with E-state index < -0.39 is 0 Å². The Morgan fingerprint density at radius 1 is 1.09 bits per heavy atom. The van der Waals surface area contributed by atoms with Crippen LogP contribution in [0.2, 0.25) is 0 Å². The van der Waals surface area contributed by atoms with Gasteiger partial charge in [-0.3, -0.25) is 9.69 Å². The molecule has 126 valence electrons. The Hall–Kier alpha value is -1.39. The topological polar surface area (TPSA) is 49.6 Å². The molecule has 3 rings (SSSR count). The summed E-state index contributed by atoms with van der Waals surface area (Å²) in [6.07, 6.45) is 5.01. The summed E-state index contributed by atoms with van der Waals surface area (Å²) in [5, 5.41) is 0. The molecule has 1 aromatic rings. The van der Waals surface area contributed by atoms with Crippen LogP contribution >= 0.6 is 0 Å². The van der Waals surface area contributed by atoms with Crippen molar-refractivity contribution in [2.45, 2.75) is 50.6 Å². The van der Waals surface area contributed by atoms with E-state index in [0.717, 1.165) is 19.6 Å². The Balaban J connectivity index is 1.64. The first-order valence-electron chi connectivity index (χ1n) is 9.00. The highest BCUT2D eigenvalue weighted by atomic mass is 16.2. The van der Waals surface area contributed by atoms with Crippen LogP contribution in [0.4, 0.5) is 0 Å². The third-order valence-electron chi connectivity index (χ3n) is 5.45. The maximum atomic E-state index is 12.9. The highest BCUT2D eigenvalue weighted by molar-refractivity contribution is 5.82. The Labute approximate surface area is 139 Å². The van der Waals surface area contributed by atoms with Gasteiger partial charge in [-0.1, -0.05) is 43.2 Å². The second-order valence-corrected chi connectivity index (χ2v) is 7.05. The number of benzene rings is 1. The summed E-state index contributed by atoms with van der Waals surface area (Å²) in [5.74, 6) is 0.511. The molecule has 2 saturated heterocycles. The number of likely N-dealkylation sites (tertiary alicyclic amines) is 2. The Kier molecular flexibility index (Phi) is 5.34. The molecule has 1 unspecified atom stereocenters. The van der Waals surface area contributed by atoms with Crippen LogP contribution in [0.5, 0.6) is 0 Å². The average molecular weight is 315 g/mol. The van der Waals surface area contributed by atoms with Crippen molar-refractivity contribution in [2.24, 2.45) is 5.73 Å². The van der Waals surface area contributed by atoms with E-state index in [0.29, 0.717) is 6.54 Å². The minimum Gasteiger partial charge on any atom is -0.339 e. The van der Waals surface area contributed by atoms with Gasteiger partial charge in [0.1, 0.15) is 0 Å². The first-order chi connectivity index (χ1) is 11.2. The normalized spacial score (nSPS) is 27.7. The van der Waals surface area contributed by atoms with Gasteiger partial charge in [-0.15, -0.1) is 0 Å². The molecule has 2 aliphatic rings. The molecule has 23 heavy (non-hydrogen) atoms. The monoisotopic (exact) mass is 315 g/mol. The van der Waals surface area contributed by atoms with E-state index in [2.05, 4.69) is 24.0 Å². The van der Waals surface area contributed by atoms with E-state index in [9.17, 15) is 4.79 Å². The lowest BCUT2D eigenvalue weighted by Gasteiger charge is -2.30. The van der Waals surface area contributed by atoms with Crippen LogP contribution in [-0.4, -0.2) is 54.0 Å². The van der Waals surface area contributed by atoms with Crippen molar-refractivity contribution in [3.63, 3.8) is 0 Å². The van der Waals surface area contributed by atoms with Gasteiger partial charge in [0.25, 0.3) is 0 Å². The molecule has 0 aromatic heterocycles. The molecule has 4 nitrogen and oxygen atoms in total. The van der Waals surface area contributed by atoms with E-state index in [-0.39, 0.29) is 23.9 Å². The molecule has 2 aliphatic heterocycles. The molecule has 4 heteroatoms. The fraction of sp³-hybridized carbons (Fsp3) is 0.632. The zero-order valence-electron chi connectivity index (χ0n) is 14.2. The number of carbonyl (C=O) groups excluding carboxylic acids is 1. The molecule has 1 aromatic carbocycles. The molecule has 0 aliphatic carbocycles. The van der Waals surface area contributed by atoms with Crippen molar-refractivity contribution < 1.29 is 4.79 Å². The van der Waals surface area contributed by atoms with Gasteiger partial charge in [0.15, 0.2) is 0 Å². The molecular formula is C19H29N3O. The second-order valence-electron chi connectivity index (χ2n) is 7.05. The highest BCUT2D eigenvalue weighted by Gasteiger charge is 2.36. The van der Waals surface area contributed by atoms with Crippen LogP contribution in [0, 0.1) is 0 Å². The fourth-order valence-electron chi connectivity index (χ4n) is 3.96. The minimum atomic E-state index is -0.0187. The maximum Gasteiger partial charge on any atom is 0.239 e. The fourth-order valence-corrected chi connectivity index (χ4v) is 3.96. The smallest absolute Gasteiger partial charge is 0.239 e. The van der Waals surface area contributed by atoms with E-state index in [1.807, 2.05) is 23.1 Å². The van der Waals surface area contributed by atoms with Gasteiger partial charge in [-0.05, 0) is 38.4 Å². The third-order valence-corrected chi connectivity index (χ3v) is 5.45. The summed E-state index contributed by atoms with van der Waals surface area (Å²) < 4.78 is 0. The summed E-state index contributed by atoms with van der Waals surface area (Å²) in [6.45, 7) is 5.59. The van der Waals surface area contributed by atoms with Crippen molar-refractivity contribution in [3.8, 4) is 0 Å². The zero-order chi connectivity index (χ0) is 16.2. The molecule has 2 N–H and O–H groups in total. The van der Waals surface area contributed by atoms with Crippen molar-refractivity contribution in [3.05, 3.63) is 35.9 Å². The van der Waals surface area contributed by atoms with Gasteiger partial charge in [0.05, 0.1) is 6.04 Å². The van der Waals surface area contributed by atoms with E-state index in [1.165, 1.54) is 31.2 Å². The van der Waals surface area contributed by atoms with Crippen LogP contribution in [-0.2, 0) is 4.79 Å². The van der Waals surface area contributed by atoms with Gasteiger partial charge in [-0.2, -0.15) is 0 Å². The first-order valence-corrected chi connectivity index (χ1v) is 9.00. The third kappa shape index (κ3) is 3.75. The van der Waals surface area contributed by atoms with Crippen LogP contribution in [0.15, 0.2) is 30.3 Å². The molecule has 3 atom stereocenters. The van der Waals surface area contributed by atoms with Crippen molar-refractivity contribution in [1.29, 1.82) is 0 Å².